The summed E-state index contributed by atoms with van der Waals surface area (Å²) < 4.78 is 5.06. The molecular formula is C26H30ClN5O3. The lowest BCUT2D eigenvalue weighted by atomic mass is 10.00. The number of nitrogen functional groups attached to an aromatic ring is 1. The summed E-state index contributed by atoms with van der Waals surface area (Å²) in [6.07, 6.45) is 4.46. The number of carbonyl (C=O) groups is 2. The molecule has 1 fully saturated rings. The molecule has 2 aromatic carbocycles. The van der Waals surface area contributed by atoms with Crippen LogP contribution in [0, 0.1) is 6.92 Å². The fourth-order valence-corrected chi connectivity index (χ4v) is 4.19. The van der Waals surface area contributed by atoms with E-state index in [-0.39, 0.29) is 24.2 Å². The van der Waals surface area contributed by atoms with E-state index in [1.54, 1.807) is 42.7 Å². The second kappa shape index (κ2) is 11.6. The lowest BCUT2D eigenvalue weighted by Gasteiger charge is -2.39. The Morgan fingerprint density at radius 2 is 1.71 bits per heavy atom. The Hall–Kier alpha value is -3.78. The SMILES string of the molecule is COC(=O)N(Nc1c(N)cccc1C(=O)c1ccc(C)cc1)C1CCN(c2ccncc2)CC1.Cl. The molecule has 0 saturated carbocycles. The summed E-state index contributed by atoms with van der Waals surface area (Å²) in [6, 6.07) is 16.3. The molecule has 0 spiro atoms. The largest absolute Gasteiger partial charge is 0.452 e. The number of para-hydroxylation sites is 1. The number of hydrogen-bond acceptors (Lipinski definition) is 7. The van der Waals surface area contributed by atoms with Crippen LogP contribution in [0.4, 0.5) is 21.9 Å². The number of pyridine rings is 1. The number of amides is 1. The number of anilines is 3. The maximum Gasteiger partial charge on any atom is 0.428 e. The van der Waals surface area contributed by atoms with Crippen LogP contribution in [0.2, 0.25) is 0 Å². The number of nitrogens with zero attached hydrogens (tertiary/aromatic N) is 3. The number of piperidine rings is 1. The highest BCUT2D eigenvalue weighted by atomic mass is 35.5. The molecule has 1 aliphatic heterocycles. The van der Waals surface area contributed by atoms with Crippen molar-refractivity contribution in [2.24, 2.45) is 0 Å². The number of benzene rings is 2. The number of hydrazine groups is 1. The zero-order valence-corrected chi connectivity index (χ0v) is 20.6. The highest BCUT2D eigenvalue weighted by Crippen LogP contribution is 2.29. The van der Waals surface area contributed by atoms with Crippen molar-refractivity contribution >= 4 is 41.3 Å². The van der Waals surface area contributed by atoms with Crippen molar-refractivity contribution in [2.45, 2.75) is 25.8 Å². The van der Waals surface area contributed by atoms with Gasteiger partial charge >= 0.3 is 6.09 Å². The lowest BCUT2D eigenvalue weighted by Crippen LogP contribution is -2.50. The first kappa shape index (κ1) is 25.8. The van der Waals surface area contributed by atoms with Gasteiger partial charge in [-0.1, -0.05) is 35.9 Å². The highest BCUT2D eigenvalue weighted by molar-refractivity contribution is 6.13. The van der Waals surface area contributed by atoms with Gasteiger partial charge in [-0.05, 0) is 44.0 Å². The van der Waals surface area contributed by atoms with Crippen LogP contribution >= 0.6 is 12.4 Å². The highest BCUT2D eigenvalue weighted by Gasteiger charge is 2.30. The number of halogens is 1. The van der Waals surface area contributed by atoms with Gasteiger partial charge in [0.1, 0.15) is 0 Å². The van der Waals surface area contributed by atoms with E-state index in [0.717, 1.165) is 37.2 Å². The fourth-order valence-electron chi connectivity index (χ4n) is 4.19. The number of ether oxygens (including phenoxy) is 1. The summed E-state index contributed by atoms with van der Waals surface area (Å²) in [6.45, 7) is 3.50. The number of aromatic nitrogens is 1. The van der Waals surface area contributed by atoms with Crippen molar-refractivity contribution in [3.05, 3.63) is 83.7 Å². The van der Waals surface area contributed by atoms with Crippen LogP contribution in [0.3, 0.4) is 0 Å². The van der Waals surface area contributed by atoms with Crippen molar-refractivity contribution in [3.63, 3.8) is 0 Å². The second-order valence-electron chi connectivity index (χ2n) is 8.34. The van der Waals surface area contributed by atoms with Gasteiger partial charge in [-0.3, -0.25) is 15.2 Å². The predicted molar refractivity (Wildman–Crippen MR) is 140 cm³/mol. The van der Waals surface area contributed by atoms with Crippen molar-refractivity contribution in [3.8, 4) is 0 Å². The normalized spacial score (nSPS) is 13.5. The molecular weight excluding hydrogens is 466 g/mol. The van der Waals surface area contributed by atoms with E-state index in [4.69, 9.17) is 10.5 Å². The van der Waals surface area contributed by atoms with Crippen LogP contribution in [0.15, 0.2) is 67.0 Å². The van der Waals surface area contributed by atoms with E-state index >= 15 is 0 Å². The van der Waals surface area contributed by atoms with Crippen molar-refractivity contribution in [1.29, 1.82) is 0 Å². The third kappa shape index (κ3) is 5.84. The first-order valence-corrected chi connectivity index (χ1v) is 11.3. The molecule has 184 valence electrons. The topological polar surface area (TPSA) is 101 Å². The quantitative estimate of drug-likeness (QED) is 0.290. The first-order valence-electron chi connectivity index (χ1n) is 11.3. The monoisotopic (exact) mass is 495 g/mol. The molecule has 3 aromatic rings. The van der Waals surface area contributed by atoms with E-state index in [0.29, 0.717) is 22.5 Å². The summed E-state index contributed by atoms with van der Waals surface area (Å²) in [5, 5.41) is 1.46. The summed E-state index contributed by atoms with van der Waals surface area (Å²) in [5.41, 5.74) is 13.3. The number of aryl methyl sites for hydroxylation is 1. The maximum absolute atomic E-state index is 13.3. The van der Waals surface area contributed by atoms with Crippen LogP contribution in [-0.4, -0.2) is 48.1 Å². The Bertz CT molecular complexity index is 1150. The van der Waals surface area contributed by atoms with Gasteiger partial charge in [-0.25, -0.2) is 9.80 Å². The third-order valence-corrected chi connectivity index (χ3v) is 6.12. The van der Waals surface area contributed by atoms with Gasteiger partial charge in [0.15, 0.2) is 5.78 Å². The molecule has 8 nitrogen and oxygen atoms in total. The van der Waals surface area contributed by atoms with Crippen LogP contribution in [-0.2, 0) is 4.74 Å². The van der Waals surface area contributed by atoms with Crippen molar-refractivity contribution in [2.75, 3.05) is 36.3 Å². The average molecular weight is 496 g/mol. The summed E-state index contributed by atoms with van der Waals surface area (Å²) in [5.74, 6) is -0.174. The summed E-state index contributed by atoms with van der Waals surface area (Å²) in [4.78, 5) is 32.4. The number of nitrogens with two attached hydrogens (primary N) is 1. The number of carbonyl (C=O) groups excluding carboxylic acids is 2. The van der Waals surface area contributed by atoms with E-state index in [1.165, 1.54) is 12.1 Å². The van der Waals surface area contributed by atoms with Gasteiger partial charge in [0.05, 0.1) is 24.5 Å². The minimum absolute atomic E-state index is 0. The van der Waals surface area contributed by atoms with Crippen molar-refractivity contribution < 1.29 is 14.3 Å². The molecule has 0 radical (unpaired) electrons. The molecule has 1 saturated heterocycles. The van der Waals surface area contributed by atoms with Gasteiger partial charge in [0, 0.05) is 42.3 Å². The van der Waals surface area contributed by atoms with Gasteiger partial charge < -0.3 is 15.4 Å². The number of ketones is 1. The molecule has 1 aliphatic rings. The minimum Gasteiger partial charge on any atom is -0.452 e. The van der Waals surface area contributed by atoms with Gasteiger partial charge in [0.25, 0.3) is 0 Å². The third-order valence-electron chi connectivity index (χ3n) is 6.12. The molecule has 1 amide bonds. The van der Waals surface area contributed by atoms with Crippen LogP contribution in [0.25, 0.3) is 0 Å². The summed E-state index contributed by atoms with van der Waals surface area (Å²) >= 11 is 0. The molecule has 2 heterocycles. The van der Waals surface area contributed by atoms with Crippen LogP contribution < -0.4 is 16.1 Å². The fraction of sp³-hybridized carbons (Fsp3) is 0.269. The second-order valence-corrected chi connectivity index (χ2v) is 8.34. The Kier molecular flexibility index (Phi) is 8.54. The Balaban J connectivity index is 0.00000342. The average Bonchev–Trinajstić information content (AvgIpc) is 2.88. The number of rotatable bonds is 6. The molecule has 9 heteroatoms. The van der Waals surface area contributed by atoms with Gasteiger partial charge in [-0.15, -0.1) is 12.4 Å². The van der Waals surface area contributed by atoms with Crippen LogP contribution in [0.5, 0.6) is 0 Å². The standard InChI is InChI=1S/C26H29N5O3.ClH/c1-18-6-8-19(9-7-18)25(32)22-4-3-5-23(27)24(22)29-31(26(33)34-2)21-12-16-30(17-13-21)20-10-14-28-15-11-20;/h3-11,14-15,21,29H,12-13,16-17,27H2,1-2H3;1H. The smallest absolute Gasteiger partial charge is 0.428 e. The number of methoxy groups -OCH3 is 1. The van der Waals surface area contributed by atoms with Gasteiger partial charge in [0.2, 0.25) is 0 Å². The molecule has 4 rings (SSSR count). The Morgan fingerprint density at radius 3 is 2.34 bits per heavy atom. The van der Waals surface area contributed by atoms with E-state index in [2.05, 4.69) is 15.3 Å². The maximum atomic E-state index is 13.3. The van der Waals surface area contributed by atoms with Crippen molar-refractivity contribution in [1.82, 2.24) is 9.99 Å². The molecule has 1 aromatic heterocycles. The first-order chi connectivity index (χ1) is 16.5. The van der Waals surface area contributed by atoms with E-state index in [1.807, 2.05) is 31.2 Å². The van der Waals surface area contributed by atoms with Crippen LogP contribution in [0.1, 0.15) is 34.3 Å². The zero-order chi connectivity index (χ0) is 24.1. The Morgan fingerprint density at radius 1 is 1.06 bits per heavy atom. The number of nitrogens with one attached hydrogen (secondary N) is 1. The lowest BCUT2D eigenvalue weighted by molar-refractivity contribution is 0.103. The minimum atomic E-state index is -0.528. The molecule has 0 bridgehead atoms. The van der Waals surface area contributed by atoms with E-state index < -0.39 is 6.09 Å². The van der Waals surface area contributed by atoms with E-state index in [9.17, 15) is 9.59 Å². The predicted octanol–water partition coefficient (Wildman–Crippen LogP) is 4.69. The molecule has 0 unspecified atom stereocenters. The Labute approximate surface area is 211 Å². The molecule has 3 N–H and O–H groups in total. The molecule has 0 atom stereocenters. The molecule has 35 heavy (non-hydrogen) atoms. The van der Waals surface area contributed by atoms with Gasteiger partial charge in [-0.2, -0.15) is 0 Å². The zero-order valence-electron chi connectivity index (χ0n) is 19.8. The molecule has 0 aliphatic carbocycles. The number of hydrogen-bond donors (Lipinski definition) is 2. The summed E-state index contributed by atoms with van der Waals surface area (Å²) in [7, 11) is 1.34.